The minimum absolute atomic E-state index is 0.0637. The topological polar surface area (TPSA) is 77.1 Å². The molecule has 0 spiro atoms. The molecule has 3 aromatic heterocycles. The van der Waals surface area contributed by atoms with Gasteiger partial charge in [-0.2, -0.15) is 5.10 Å². The Morgan fingerprint density at radius 2 is 2.19 bits per heavy atom. The minimum Gasteiger partial charge on any atom is -0.349 e. The number of nitrogens with zero attached hydrogens (tertiary/aromatic N) is 5. The molecule has 0 aromatic carbocycles. The van der Waals surface area contributed by atoms with Gasteiger partial charge < -0.3 is 5.32 Å². The summed E-state index contributed by atoms with van der Waals surface area (Å²) in [5.74, 6) is 0.562. The lowest BCUT2D eigenvalue weighted by Crippen LogP contribution is -2.32. The monoisotopic (exact) mass is 284 g/mol. The first-order chi connectivity index (χ1) is 10.3. The van der Waals surface area contributed by atoms with E-state index in [1.165, 1.54) is 0 Å². The quantitative estimate of drug-likeness (QED) is 0.763. The van der Waals surface area contributed by atoms with Crippen molar-refractivity contribution in [1.29, 1.82) is 0 Å². The molecule has 3 heterocycles. The molecule has 1 N–H and O–H groups in total. The fourth-order valence-corrected chi connectivity index (χ4v) is 2.22. The van der Waals surface area contributed by atoms with Crippen molar-refractivity contribution in [2.45, 2.75) is 25.9 Å². The summed E-state index contributed by atoms with van der Waals surface area (Å²) in [5.41, 5.74) is 0.775. The van der Waals surface area contributed by atoms with E-state index in [-0.39, 0.29) is 11.9 Å². The third-order valence-corrected chi connectivity index (χ3v) is 3.26. The third kappa shape index (κ3) is 2.76. The van der Waals surface area contributed by atoms with Gasteiger partial charge in [0.2, 0.25) is 11.7 Å². The van der Waals surface area contributed by atoms with Crippen LogP contribution in [0.15, 0.2) is 43.1 Å². The van der Waals surface area contributed by atoms with Crippen LogP contribution >= 0.6 is 0 Å². The first kappa shape index (κ1) is 13.3. The highest BCUT2D eigenvalue weighted by Gasteiger charge is 2.18. The Labute approximate surface area is 121 Å². The lowest BCUT2D eigenvalue weighted by atomic mass is 10.2. The zero-order valence-electron chi connectivity index (χ0n) is 11.7. The maximum Gasteiger partial charge on any atom is 0.245 e. The van der Waals surface area contributed by atoms with Gasteiger partial charge in [0.1, 0.15) is 6.04 Å². The highest BCUT2D eigenvalue weighted by molar-refractivity contribution is 5.80. The second kappa shape index (κ2) is 5.74. The normalized spacial score (nSPS) is 12.4. The molecule has 0 aliphatic rings. The Hall–Kier alpha value is -2.70. The summed E-state index contributed by atoms with van der Waals surface area (Å²) in [7, 11) is 0. The van der Waals surface area contributed by atoms with E-state index in [0.717, 1.165) is 5.69 Å². The zero-order chi connectivity index (χ0) is 14.7. The van der Waals surface area contributed by atoms with Crippen molar-refractivity contribution in [2.24, 2.45) is 0 Å². The third-order valence-electron chi connectivity index (χ3n) is 3.26. The molecule has 0 bridgehead atoms. The van der Waals surface area contributed by atoms with Crippen LogP contribution in [0.3, 0.4) is 0 Å². The van der Waals surface area contributed by atoms with Crippen LogP contribution in [0.2, 0.25) is 0 Å². The molecule has 7 heteroatoms. The van der Waals surface area contributed by atoms with Crippen molar-refractivity contribution in [3.8, 4) is 0 Å². The van der Waals surface area contributed by atoms with Crippen LogP contribution in [-0.4, -0.2) is 30.1 Å². The van der Waals surface area contributed by atoms with E-state index < -0.39 is 0 Å². The molecular weight excluding hydrogens is 268 g/mol. The van der Waals surface area contributed by atoms with Crippen LogP contribution in [0, 0.1) is 0 Å². The molecule has 21 heavy (non-hydrogen) atoms. The molecule has 1 amide bonds. The molecule has 0 saturated carbocycles. The summed E-state index contributed by atoms with van der Waals surface area (Å²) in [6.45, 7) is 2.33. The summed E-state index contributed by atoms with van der Waals surface area (Å²) in [6.07, 6.45) is 9.57. The maximum atomic E-state index is 12.2. The highest BCUT2D eigenvalue weighted by Crippen LogP contribution is 2.10. The predicted octanol–water partition coefficient (Wildman–Crippen LogP) is 1.19. The molecular formula is C14H16N6O. The Balaban J connectivity index is 1.67. The lowest BCUT2D eigenvalue weighted by molar-refractivity contribution is -0.124. The number of rotatable bonds is 5. The second-order valence-corrected chi connectivity index (χ2v) is 4.69. The Bertz CT molecular complexity index is 700. The van der Waals surface area contributed by atoms with Gasteiger partial charge in [-0.05, 0) is 18.6 Å². The number of hydrogen-bond donors (Lipinski definition) is 1. The molecule has 3 rings (SSSR count). The molecule has 0 radical (unpaired) electrons. The summed E-state index contributed by atoms with van der Waals surface area (Å²) < 4.78 is 3.49. The van der Waals surface area contributed by atoms with Crippen LogP contribution < -0.4 is 5.32 Å². The molecule has 0 aliphatic heterocycles. The number of nitrogens with one attached hydrogen (secondary N) is 1. The smallest absolute Gasteiger partial charge is 0.245 e. The molecule has 1 unspecified atom stereocenters. The number of carbonyl (C=O) groups is 1. The zero-order valence-corrected chi connectivity index (χ0v) is 11.7. The summed E-state index contributed by atoms with van der Waals surface area (Å²) in [6, 6.07) is 3.35. The Morgan fingerprint density at radius 1 is 1.33 bits per heavy atom. The van der Waals surface area contributed by atoms with E-state index in [2.05, 4.69) is 20.4 Å². The average Bonchev–Trinajstić information content (AvgIpc) is 3.14. The van der Waals surface area contributed by atoms with E-state index in [0.29, 0.717) is 18.7 Å². The van der Waals surface area contributed by atoms with E-state index in [1.54, 1.807) is 23.3 Å². The van der Waals surface area contributed by atoms with Crippen LogP contribution in [0.4, 0.5) is 0 Å². The highest BCUT2D eigenvalue weighted by atomic mass is 16.2. The van der Waals surface area contributed by atoms with Crippen LogP contribution in [0.1, 0.15) is 25.1 Å². The Morgan fingerprint density at radius 3 is 2.90 bits per heavy atom. The van der Waals surface area contributed by atoms with E-state index in [9.17, 15) is 4.79 Å². The van der Waals surface area contributed by atoms with E-state index in [4.69, 9.17) is 0 Å². The fourth-order valence-electron chi connectivity index (χ4n) is 2.22. The van der Waals surface area contributed by atoms with Crippen LogP contribution in [-0.2, 0) is 11.3 Å². The molecule has 1 atom stereocenters. The number of amides is 1. The minimum atomic E-state index is -0.296. The molecule has 0 fully saturated rings. The standard InChI is InChI=1S/C14H16N6O/c1-2-12(20-8-4-6-17-20)13(21)16-9-11-10-19-7-3-5-15-14(19)18-11/h3-8,10,12H,2,9H2,1H3,(H,16,21). The van der Waals surface area contributed by atoms with Crippen LogP contribution in [0.5, 0.6) is 0 Å². The summed E-state index contributed by atoms with van der Waals surface area (Å²) in [5, 5.41) is 7.02. The van der Waals surface area contributed by atoms with Crippen molar-refractivity contribution < 1.29 is 4.79 Å². The fraction of sp³-hybridized carbons (Fsp3) is 0.286. The van der Waals surface area contributed by atoms with Gasteiger partial charge in [0.05, 0.1) is 12.2 Å². The number of fused-ring (bicyclic) bond motifs is 1. The van der Waals surface area contributed by atoms with Gasteiger partial charge in [0, 0.05) is 31.0 Å². The van der Waals surface area contributed by atoms with Gasteiger partial charge in [0.15, 0.2) is 0 Å². The first-order valence-electron chi connectivity index (χ1n) is 6.83. The number of hydrogen-bond acceptors (Lipinski definition) is 4. The van der Waals surface area contributed by atoms with Gasteiger partial charge in [0.25, 0.3) is 0 Å². The van der Waals surface area contributed by atoms with Gasteiger partial charge in [-0.15, -0.1) is 0 Å². The van der Waals surface area contributed by atoms with Gasteiger partial charge in [-0.3, -0.25) is 13.9 Å². The molecule has 0 aliphatic carbocycles. The predicted molar refractivity (Wildman–Crippen MR) is 76.4 cm³/mol. The van der Waals surface area contributed by atoms with E-state index in [1.807, 2.05) is 35.9 Å². The SMILES string of the molecule is CCC(C(=O)NCc1cn2cccnc2n1)n1cccn1. The average molecular weight is 284 g/mol. The lowest BCUT2D eigenvalue weighted by Gasteiger charge is -2.14. The summed E-state index contributed by atoms with van der Waals surface area (Å²) in [4.78, 5) is 20.7. The van der Waals surface area contributed by atoms with Crippen molar-refractivity contribution in [1.82, 2.24) is 29.5 Å². The first-order valence-corrected chi connectivity index (χ1v) is 6.83. The van der Waals surface area contributed by atoms with Gasteiger partial charge in [-0.1, -0.05) is 6.92 Å². The molecule has 3 aromatic rings. The van der Waals surface area contributed by atoms with Crippen molar-refractivity contribution in [3.05, 3.63) is 48.8 Å². The maximum absolute atomic E-state index is 12.2. The van der Waals surface area contributed by atoms with Gasteiger partial charge >= 0.3 is 0 Å². The molecule has 0 saturated heterocycles. The van der Waals surface area contributed by atoms with Crippen LogP contribution in [0.25, 0.3) is 5.78 Å². The summed E-state index contributed by atoms with van der Waals surface area (Å²) >= 11 is 0. The number of carbonyl (C=O) groups excluding carboxylic acids is 1. The number of imidazole rings is 1. The number of aromatic nitrogens is 5. The van der Waals surface area contributed by atoms with Gasteiger partial charge in [-0.25, -0.2) is 9.97 Å². The molecule has 7 nitrogen and oxygen atoms in total. The van der Waals surface area contributed by atoms with Crippen molar-refractivity contribution >= 4 is 11.7 Å². The molecule has 108 valence electrons. The van der Waals surface area contributed by atoms with E-state index >= 15 is 0 Å². The van der Waals surface area contributed by atoms with Crippen molar-refractivity contribution in [3.63, 3.8) is 0 Å². The Kier molecular flexibility index (Phi) is 3.63. The second-order valence-electron chi connectivity index (χ2n) is 4.69. The van der Waals surface area contributed by atoms with Crippen molar-refractivity contribution in [2.75, 3.05) is 0 Å². The largest absolute Gasteiger partial charge is 0.349 e.